The van der Waals surface area contributed by atoms with Crippen LogP contribution in [0.3, 0.4) is 0 Å². The second kappa shape index (κ2) is 4.95. The Kier molecular flexibility index (Phi) is 3.88. The van der Waals surface area contributed by atoms with E-state index in [0.29, 0.717) is 5.82 Å². The normalized spacial score (nSPS) is 9.64. The van der Waals surface area contributed by atoms with Crippen LogP contribution in [0.15, 0.2) is 22.8 Å². The molecule has 0 bridgehead atoms. The highest BCUT2D eigenvalue weighted by Gasteiger charge is 2.03. The minimum Gasteiger partial charge on any atom is -0.361 e. The summed E-state index contributed by atoms with van der Waals surface area (Å²) in [5.41, 5.74) is 0. The van der Waals surface area contributed by atoms with E-state index in [4.69, 9.17) is 0 Å². The number of anilines is 1. The fourth-order valence-corrected chi connectivity index (χ4v) is 1.16. The summed E-state index contributed by atoms with van der Waals surface area (Å²) in [6.07, 6.45) is 1.67. The van der Waals surface area contributed by atoms with Gasteiger partial charge in [-0.15, -0.1) is 0 Å². The number of carbonyl (C=O) groups is 1. The summed E-state index contributed by atoms with van der Waals surface area (Å²) in [6.45, 7) is 0.260. The number of carbonyl (C=O) groups excluding carboxylic acids is 1. The van der Waals surface area contributed by atoms with Crippen LogP contribution in [0.1, 0.15) is 0 Å². The molecular formula is C9H12BrN3O. The van der Waals surface area contributed by atoms with E-state index in [-0.39, 0.29) is 12.5 Å². The fraction of sp³-hybridized carbons (Fsp3) is 0.333. The van der Waals surface area contributed by atoms with Crippen LogP contribution in [-0.4, -0.2) is 36.4 Å². The Labute approximate surface area is 91.4 Å². The van der Waals surface area contributed by atoms with Crippen LogP contribution in [-0.2, 0) is 4.79 Å². The molecule has 76 valence electrons. The zero-order chi connectivity index (χ0) is 10.6. The lowest BCUT2D eigenvalue weighted by Gasteiger charge is -2.11. The van der Waals surface area contributed by atoms with Gasteiger partial charge in [-0.05, 0) is 12.1 Å². The maximum atomic E-state index is 11.2. The standard InChI is InChI=1S/C9H12BrN3O/c1-13(2)9(14)6-12-8-5-7(10)3-4-11-8/h3-5H,6H2,1-2H3,(H,11,12). The van der Waals surface area contributed by atoms with Gasteiger partial charge in [-0.2, -0.15) is 0 Å². The molecule has 1 aromatic heterocycles. The van der Waals surface area contributed by atoms with Crippen LogP contribution in [0.4, 0.5) is 5.82 Å². The maximum Gasteiger partial charge on any atom is 0.241 e. The SMILES string of the molecule is CN(C)C(=O)CNc1cc(Br)ccn1. The fourth-order valence-electron chi connectivity index (χ4n) is 0.826. The van der Waals surface area contributed by atoms with Crippen molar-refractivity contribution in [1.82, 2.24) is 9.88 Å². The quantitative estimate of drug-likeness (QED) is 0.889. The molecule has 0 saturated carbocycles. The number of aromatic nitrogens is 1. The number of hydrogen-bond donors (Lipinski definition) is 1. The summed E-state index contributed by atoms with van der Waals surface area (Å²) < 4.78 is 0.937. The van der Waals surface area contributed by atoms with Gasteiger partial charge in [0.1, 0.15) is 5.82 Å². The van der Waals surface area contributed by atoms with Gasteiger partial charge in [0.05, 0.1) is 6.54 Å². The third-order valence-electron chi connectivity index (χ3n) is 1.64. The molecule has 1 amide bonds. The number of nitrogens with zero attached hydrogens (tertiary/aromatic N) is 2. The smallest absolute Gasteiger partial charge is 0.241 e. The minimum atomic E-state index is 0.0202. The molecule has 14 heavy (non-hydrogen) atoms. The maximum absolute atomic E-state index is 11.2. The van der Waals surface area contributed by atoms with Gasteiger partial charge in [0.15, 0.2) is 0 Å². The first-order valence-electron chi connectivity index (χ1n) is 4.15. The number of likely N-dealkylation sites (N-methyl/N-ethyl adjacent to an activating group) is 1. The third kappa shape index (κ3) is 3.33. The monoisotopic (exact) mass is 257 g/mol. The van der Waals surface area contributed by atoms with Crippen LogP contribution in [0.25, 0.3) is 0 Å². The first-order valence-corrected chi connectivity index (χ1v) is 4.94. The third-order valence-corrected chi connectivity index (χ3v) is 2.13. The highest BCUT2D eigenvalue weighted by atomic mass is 79.9. The molecule has 1 N–H and O–H groups in total. The predicted molar refractivity (Wildman–Crippen MR) is 59.1 cm³/mol. The van der Waals surface area contributed by atoms with E-state index in [1.165, 1.54) is 4.90 Å². The van der Waals surface area contributed by atoms with E-state index < -0.39 is 0 Å². The van der Waals surface area contributed by atoms with Gasteiger partial charge in [0.25, 0.3) is 0 Å². The summed E-state index contributed by atoms with van der Waals surface area (Å²) in [7, 11) is 3.44. The lowest BCUT2D eigenvalue weighted by Crippen LogP contribution is -2.28. The average molecular weight is 258 g/mol. The number of hydrogen-bond acceptors (Lipinski definition) is 3. The summed E-state index contributed by atoms with van der Waals surface area (Å²) >= 11 is 3.32. The summed E-state index contributed by atoms with van der Waals surface area (Å²) in [6, 6.07) is 3.65. The molecule has 0 spiro atoms. The highest BCUT2D eigenvalue weighted by molar-refractivity contribution is 9.10. The molecule has 0 unspecified atom stereocenters. The van der Waals surface area contributed by atoms with E-state index in [2.05, 4.69) is 26.2 Å². The topological polar surface area (TPSA) is 45.2 Å². The molecule has 5 heteroatoms. The zero-order valence-electron chi connectivity index (χ0n) is 8.12. The van der Waals surface area contributed by atoms with Crippen molar-refractivity contribution < 1.29 is 4.79 Å². The lowest BCUT2D eigenvalue weighted by molar-refractivity contribution is -0.126. The number of nitrogens with one attached hydrogen (secondary N) is 1. The molecule has 0 radical (unpaired) electrons. The van der Waals surface area contributed by atoms with Crippen molar-refractivity contribution >= 4 is 27.7 Å². The van der Waals surface area contributed by atoms with Crippen molar-refractivity contribution in [3.05, 3.63) is 22.8 Å². The van der Waals surface area contributed by atoms with E-state index in [0.717, 1.165) is 4.47 Å². The number of amides is 1. The molecule has 0 saturated heterocycles. The van der Waals surface area contributed by atoms with Gasteiger partial charge >= 0.3 is 0 Å². The van der Waals surface area contributed by atoms with Gasteiger partial charge in [0.2, 0.25) is 5.91 Å². The molecule has 0 aliphatic heterocycles. The molecule has 0 aliphatic carbocycles. The lowest BCUT2D eigenvalue weighted by atomic mass is 10.4. The van der Waals surface area contributed by atoms with E-state index >= 15 is 0 Å². The van der Waals surface area contributed by atoms with Crippen LogP contribution >= 0.6 is 15.9 Å². The second-order valence-electron chi connectivity index (χ2n) is 3.00. The van der Waals surface area contributed by atoms with E-state index in [1.54, 1.807) is 20.3 Å². The van der Waals surface area contributed by atoms with Gasteiger partial charge in [-0.3, -0.25) is 4.79 Å². The molecule has 1 aromatic rings. The van der Waals surface area contributed by atoms with Crippen molar-refractivity contribution in [3.63, 3.8) is 0 Å². The van der Waals surface area contributed by atoms with Crippen molar-refractivity contribution in [1.29, 1.82) is 0 Å². The van der Waals surface area contributed by atoms with Gasteiger partial charge < -0.3 is 10.2 Å². The first-order chi connectivity index (χ1) is 6.59. The van der Waals surface area contributed by atoms with Gasteiger partial charge in [-0.25, -0.2) is 4.98 Å². The Bertz CT molecular complexity index is 328. The van der Waals surface area contributed by atoms with Crippen molar-refractivity contribution in [2.45, 2.75) is 0 Å². The Balaban J connectivity index is 2.50. The molecule has 4 nitrogen and oxygen atoms in total. The summed E-state index contributed by atoms with van der Waals surface area (Å²) in [5, 5.41) is 2.93. The molecular weight excluding hydrogens is 246 g/mol. The average Bonchev–Trinajstić information content (AvgIpc) is 2.14. The van der Waals surface area contributed by atoms with E-state index in [9.17, 15) is 4.79 Å². The molecule has 0 atom stereocenters. The highest BCUT2D eigenvalue weighted by Crippen LogP contribution is 2.12. The van der Waals surface area contributed by atoms with Crippen LogP contribution in [0.5, 0.6) is 0 Å². The molecule has 1 rings (SSSR count). The summed E-state index contributed by atoms with van der Waals surface area (Å²) in [4.78, 5) is 16.8. The number of rotatable bonds is 3. The zero-order valence-corrected chi connectivity index (χ0v) is 9.71. The molecule has 0 aromatic carbocycles. The molecule has 0 aliphatic rings. The minimum absolute atomic E-state index is 0.0202. The Morgan fingerprint density at radius 1 is 1.64 bits per heavy atom. The van der Waals surface area contributed by atoms with Crippen LogP contribution in [0.2, 0.25) is 0 Å². The summed E-state index contributed by atoms with van der Waals surface area (Å²) in [5.74, 6) is 0.710. The Morgan fingerprint density at radius 2 is 2.36 bits per heavy atom. The van der Waals surface area contributed by atoms with Crippen LogP contribution in [0, 0.1) is 0 Å². The first kappa shape index (κ1) is 11.0. The molecule has 0 fully saturated rings. The Hall–Kier alpha value is -1.10. The van der Waals surface area contributed by atoms with E-state index in [1.807, 2.05) is 12.1 Å². The molecule has 1 heterocycles. The largest absolute Gasteiger partial charge is 0.361 e. The van der Waals surface area contributed by atoms with Gasteiger partial charge in [0, 0.05) is 24.8 Å². The second-order valence-corrected chi connectivity index (χ2v) is 3.92. The Morgan fingerprint density at radius 3 is 2.93 bits per heavy atom. The van der Waals surface area contributed by atoms with Crippen molar-refractivity contribution in [2.75, 3.05) is 26.0 Å². The van der Waals surface area contributed by atoms with Crippen LogP contribution < -0.4 is 5.32 Å². The number of halogens is 1. The number of pyridine rings is 1. The predicted octanol–water partition coefficient (Wildman–Crippen LogP) is 1.34. The van der Waals surface area contributed by atoms with Crippen molar-refractivity contribution in [3.8, 4) is 0 Å². The van der Waals surface area contributed by atoms with Crippen molar-refractivity contribution in [2.24, 2.45) is 0 Å². The van der Waals surface area contributed by atoms with Gasteiger partial charge in [-0.1, -0.05) is 15.9 Å².